The van der Waals surface area contributed by atoms with Gasteiger partial charge in [0.2, 0.25) is 0 Å². The summed E-state index contributed by atoms with van der Waals surface area (Å²) >= 11 is 0. The van der Waals surface area contributed by atoms with Gasteiger partial charge in [0.15, 0.2) is 0 Å². The van der Waals surface area contributed by atoms with E-state index in [2.05, 4.69) is 40.5 Å². The Hall–Kier alpha value is -0.780. The molecule has 0 aliphatic heterocycles. The summed E-state index contributed by atoms with van der Waals surface area (Å²) in [4.78, 5) is 0. The Morgan fingerprint density at radius 2 is 1.57 bits per heavy atom. The van der Waals surface area contributed by atoms with Gasteiger partial charge in [-0.15, -0.1) is 13.2 Å². The molecule has 1 rings (SSSR count). The fraction of sp³-hybridized carbons (Fsp3) is 0.571. The van der Waals surface area contributed by atoms with Crippen LogP contribution in [-0.4, -0.2) is 0 Å². The lowest BCUT2D eigenvalue weighted by Crippen LogP contribution is -1.93. The van der Waals surface area contributed by atoms with Crippen LogP contribution in [0, 0.1) is 0 Å². The monoisotopic (exact) mass is 194 g/mol. The number of hydrogen-bond donors (Lipinski definition) is 0. The highest BCUT2D eigenvalue weighted by Gasteiger charge is 2.04. The highest BCUT2D eigenvalue weighted by Crippen LogP contribution is 2.24. The molecule has 1 aliphatic rings. The van der Waals surface area contributed by atoms with E-state index in [1.165, 1.54) is 37.7 Å². The summed E-state index contributed by atoms with van der Waals surface area (Å²) in [5.41, 5.74) is 3.04. The zero-order valence-corrected chi connectivity index (χ0v) is 10.2. The lowest BCUT2D eigenvalue weighted by Gasteiger charge is -2.13. The van der Waals surface area contributed by atoms with Crippen molar-refractivity contribution in [2.45, 2.75) is 52.9 Å². The summed E-state index contributed by atoms with van der Waals surface area (Å²) in [5.74, 6) is 0. The Labute approximate surface area is 90.4 Å². The first-order valence-electron chi connectivity index (χ1n) is 5.57. The topological polar surface area (TPSA) is 0 Å². The second-order valence-corrected chi connectivity index (χ2v) is 3.42. The minimum Gasteiger partial charge on any atom is -0.106 e. The summed E-state index contributed by atoms with van der Waals surface area (Å²) < 4.78 is 0. The molecule has 0 radical (unpaired) electrons. The highest BCUT2D eigenvalue weighted by atomic mass is 14.1. The molecule has 0 N–H and O–H groups in total. The second-order valence-electron chi connectivity index (χ2n) is 3.42. The summed E-state index contributed by atoms with van der Waals surface area (Å²) in [5, 5.41) is 0. The Morgan fingerprint density at radius 3 is 1.86 bits per heavy atom. The predicted octanol–water partition coefficient (Wildman–Crippen LogP) is 5.28. The molecule has 0 spiro atoms. The van der Waals surface area contributed by atoms with Crippen LogP contribution in [0.5, 0.6) is 0 Å². The zero-order valence-electron chi connectivity index (χ0n) is 10.2. The van der Waals surface area contributed by atoms with Crippen LogP contribution in [0.1, 0.15) is 52.9 Å². The Bertz CT molecular complexity index is 163. The van der Waals surface area contributed by atoms with Crippen molar-refractivity contribution in [1.82, 2.24) is 0 Å². The van der Waals surface area contributed by atoms with Crippen molar-refractivity contribution in [3.63, 3.8) is 0 Å². The van der Waals surface area contributed by atoms with E-state index in [-0.39, 0.29) is 0 Å². The second kappa shape index (κ2) is 12.2. The van der Waals surface area contributed by atoms with Gasteiger partial charge in [-0.2, -0.15) is 0 Å². The minimum absolute atomic E-state index is 1.25. The van der Waals surface area contributed by atoms with Crippen LogP contribution in [0.15, 0.2) is 37.0 Å². The predicted molar refractivity (Wildman–Crippen MR) is 68.6 cm³/mol. The molecule has 0 aromatic rings. The van der Waals surface area contributed by atoms with E-state index in [0.717, 1.165) is 0 Å². The maximum Gasteiger partial charge on any atom is -0.0280 e. The van der Waals surface area contributed by atoms with E-state index in [0.29, 0.717) is 0 Å². The Balaban J connectivity index is 0. The summed E-state index contributed by atoms with van der Waals surface area (Å²) in [6.07, 6.45) is 8.55. The first kappa shape index (κ1) is 15.7. The fourth-order valence-electron chi connectivity index (χ4n) is 1.36. The molecule has 0 fully saturated rings. The smallest absolute Gasteiger partial charge is 0.0280 e. The first-order valence-corrected chi connectivity index (χ1v) is 5.57. The maximum atomic E-state index is 3.78. The van der Waals surface area contributed by atoms with Gasteiger partial charge < -0.3 is 0 Å². The molecular weight excluding hydrogens is 168 g/mol. The van der Waals surface area contributed by atoms with Crippen molar-refractivity contribution in [2.24, 2.45) is 0 Å². The number of allylic oxidation sites excluding steroid dienone is 3. The van der Waals surface area contributed by atoms with Gasteiger partial charge in [0, 0.05) is 0 Å². The van der Waals surface area contributed by atoms with Crippen molar-refractivity contribution in [3.05, 3.63) is 37.0 Å². The van der Waals surface area contributed by atoms with Crippen LogP contribution in [0.25, 0.3) is 0 Å². The fourth-order valence-corrected chi connectivity index (χ4v) is 1.36. The van der Waals surface area contributed by atoms with Crippen LogP contribution >= 0.6 is 0 Å². The summed E-state index contributed by atoms with van der Waals surface area (Å²) in [7, 11) is 0. The van der Waals surface area contributed by atoms with Crippen molar-refractivity contribution in [2.75, 3.05) is 0 Å². The van der Waals surface area contributed by atoms with E-state index in [1.807, 2.05) is 6.08 Å². The quantitative estimate of drug-likeness (QED) is 0.498. The van der Waals surface area contributed by atoms with E-state index < -0.39 is 0 Å². The largest absolute Gasteiger partial charge is 0.106 e. The third-order valence-electron chi connectivity index (χ3n) is 2.04. The first-order chi connectivity index (χ1) is 6.76. The molecule has 0 atom stereocenters. The van der Waals surface area contributed by atoms with E-state index >= 15 is 0 Å². The molecule has 0 saturated carbocycles. The molecule has 0 nitrogen and oxygen atoms in total. The van der Waals surface area contributed by atoms with Crippen molar-refractivity contribution < 1.29 is 0 Å². The molecule has 0 saturated heterocycles. The molecule has 0 aromatic heterocycles. The van der Waals surface area contributed by atoms with E-state index in [9.17, 15) is 0 Å². The van der Waals surface area contributed by atoms with Gasteiger partial charge in [-0.3, -0.25) is 0 Å². The SMILES string of the molecule is C=C.C=CC1=C(C)CCCC1.CCC. The maximum absolute atomic E-state index is 3.78. The molecule has 0 unspecified atom stereocenters. The molecule has 82 valence electrons. The van der Waals surface area contributed by atoms with Crippen LogP contribution < -0.4 is 0 Å². The van der Waals surface area contributed by atoms with Gasteiger partial charge >= 0.3 is 0 Å². The highest BCUT2D eigenvalue weighted by molar-refractivity contribution is 5.24. The van der Waals surface area contributed by atoms with Crippen molar-refractivity contribution in [1.29, 1.82) is 0 Å². The van der Waals surface area contributed by atoms with Gasteiger partial charge in [-0.25, -0.2) is 0 Å². The summed E-state index contributed by atoms with van der Waals surface area (Å²) in [6, 6.07) is 0. The molecule has 0 aromatic carbocycles. The average Bonchev–Trinajstić information content (AvgIpc) is 2.23. The zero-order chi connectivity index (χ0) is 11.4. The number of hydrogen-bond acceptors (Lipinski definition) is 0. The molecule has 14 heavy (non-hydrogen) atoms. The lowest BCUT2D eigenvalue weighted by atomic mass is 9.93. The van der Waals surface area contributed by atoms with Crippen LogP contribution in [0.3, 0.4) is 0 Å². The van der Waals surface area contributed by atoms with Crippen LogP contribution in [0.2, 0.25) is 0 Å². The molecule has 0 bridgehead atoms. The minimum atomic E-state index is 1.25. The normalized spacial score (nSPS) is 14.5. The molecule has 1 aliphatic carbocycles. The molecule has 0 amide bonds. The lowest BCUT2D eigenvalue weighted by molar-refractivity contribution is 0.683. The molecular formula is C14H26. The van der Waals surface area contributed by atoms with Gasteiger partial charge in [0.1, 0.15) is 0 Å². The Kier molecular flexibility index (Phi) is 13.7. The van der Waals surface area contributed by atoms with Crippen LogP contribution in [0.4, 0.5) is 0 Å². The van der Waals surface area contributed by atoms with E-state index in [4.69, 9.17) is 0 Å². The average molecular weight is 194 g/mol. The Morgan fingerprint density at radius 1 is 1.14 bits per heavy atom. The van der Waals surface area contributed by atoms with Gasteiger partial charge in [-0.05, 0) is 38.2 Å². The van der Waals surface area contributed by atoms with Crippen LogP contribution in [-0.2, 0) is 0 Å². The third-order valence-corrected chi connectivity index (χ3v) is 2.04. The van der Waals surface area contributed by atoms with Crippen molar-refractivity contribution in [3.8, 4) is 0 Å². The molecule has 0 heterocycles. The summed E-state index contributed by atoms with van der Waals surface area (Å²) in [6.45, 7) is 16.2. The molecule has 0 heteroatoms. The van der Waals surface area contributed by atoms with Gasteiger partial charge in [-0.1, -0.05) is 38.5 Å². The number of rotatable bonds is 1. The third kappa shape index (κ3) is 7.85. The van der Waals surface area contributed by atoms with E-state index in [1.54, 1.807) is 5.57 Å². The van der Waals surface area contributed by atoms with Gasteiger partial charge in [0.25, 0.3) is 0 Å². The van der Waals surface area contributed by atoms with Crippen molar-refractivity contribution >= 4 is 0 Å². The van der Waals surface area contributed by atoms with Gasteiger partial charge in [0.05, 0.1) is 0 Å². The standard InChI is InChI=1S/C9H14.C3H8.C2H4/c1-3-9-7-5-4-6-8(9)2;1-3-2;1-2/h3H,1,4-7H2,2H3;3H2,1-2H3;1-2H2.